The molecule has 0 aliphatic heterocycles. The van der Waals surface area contributed by atoms with Crippen molar-refractivity contribution in [2.24, 2.45) is 0 Å². The van der Waals surface area contributed by atoms with Crippen LogP contribution in [0.15, 0.2) is 18.2 Å². The molecule has 0 aliphatic carbocycles. The molecule has 0 amide bonds. The standard InChI is InChI=1S/C13H11Cl3N2/c1-3-10-7(2)12(16)18-13(17-10)8-5-4-6-9(14)11(8)15/h4-6H,3H2,1-2H3. The van der Waals surface area contributed by atoms with Crippen LogP contribution in [0.4, 0.5) is 0 Å². The number of hydrogen-bond donors (Lipinski definition) is 0. The predicted octanol–water partition coefficient (Wildman–Crippen LogP) is 4.97. The quantitative estimate of drug-likeness (QED) is 0.731. The van der Waals surface area contributed by atoms with E-state index in [0.29, 0.717) is 26.6 Å². The highest BCUT2D eigenvalue weighted by Gasteiger charge is 2.13. The maximum Gasteiger partial charge on any atom is 0.162 e. The third-order valence-corrected chi connectivity index (χ3v) is 3.90. The Kier molecular flexibility index (Phi) is 4.10. The second-order valence-electron chi connectivity index (χ2n) is 3.86. The van der Waals surface area contributed by atoms with E-state index in [4.69, 9.17) is 34.8 Å². The minimum Gasteiger partial charge on any atom is -0.233 e. The Labute approximate surface area is 121 Å². The van der Waals surface area contributed by atoms with Gasteiger partial charge in [-0.2, -0.15) is 0 Å². The highest BCUT2D eigenvalue weighted by molar-refractivity contribution is 6.43. The van der Waals surface area contributed by atoms with E-state index in [0.717, 1.165) is 17.7 Å². The van der Waals surface area contributed by atoms with E-state index >= 15 is 0 Å². The van der Waals surface area contributed by atoms with Crippen LogP contribution in [-0.2, 0) is 6.42 Å². The van der Waals surface area contributed by atoms with E-state index in [1.807, 2.05) is 26.0 Å². The number of benzene rings is 1. The fourth-order valence-electron chi connectivity index (χ4n) is 1.67. The third-order valence-electron chi connectivity index (χ3n) is 2.71. The summed E-state index contributed by atoms with van der Waals surface area (Å²) in [4.78, 5) is 8.75. The summed E-state index contributed by atoms with van der Waals surface area (Å²) in [5.74, 6) is 0.509. The molecule has 1 heterocycles. The summed E-state index contributed by atoms with van der Waals surface area (Å²) in [5.41, 5.74) is 2.52. The minimum atomic E-state index is 0.445. The second-order valence-corrected chi connectivity index (χ2v) is 5.01. The molecule has 0 fully saturated rings. The Hall–Kier alpha value is -0.830. The van der Waals surface area contributed by atoms with Crippen molar-refractivity contribution in [1.82, 2.24) is 9.97 Å². The van der Waals surface area contributed by atoms with E-state index < -0.39 is 0 Å². The number of rotatable bonds is 2. The smallest absolute Gasteiger partial charge is 0.162 e. The van der Waals surface area contributed by atoms with Gasteiger partial charge in [0.15, 0.2) is 5.82 Å². The summed E-state index contributed by atoms with van der Waals surface area (Å²) in [7, 11) is 0. The van der Waals surface area contributed by atoms with E-state index in [2.05, 4.69) is 9.97 Å². The molecule has 0 saturated carbocycles. The first kappa shape index (κ1) is 13.6. The summed E-state index contributed by atoms with van der Waals surface area (Å²) in [6.45, 7) is 3.93. The van der Waals surface area contributed by atoms with Gasteiger partial charge in [0.1, 0.15) is 5.15 Å². The van der Waals surface area contributed by atoms with Crippen molar-refractivity contribution in [1.29, 1.82) is 0 Å². The Bertz CT molecular complexity index is 597. The number of hydrogen-bond acceptors (Lipinski definition) is 2. The summed E-state index contributed by atoms with van der Waals surface area (Å²) in [5, 5.41) is 1.38. The van der Waals surface area contributed by atoms with Crippen LogP contribution < -0.4 is 0 Å². The van der Waals surface area contributed by atoms with Crippen LogP contribution in [0.1, 0.15) is 18.2 Å². The van der Waals surface area contributed by atoms with Gasteiger partial charge in [0.05, 0.1) is 10.0 Å². The molecule has 1 aromatic heterocycles. The van der Waals surface area contributed by atoms with E-state index in [1.165, 1.54) is 0 Å². The summed E-state index contributed by atoms with van der Waals surface area (Å²) < 4.78 is 0. The molecule has 0 saturated heterocycles. The number of halogens is 3. The predicted molar refractivity (Wildman–Crippen MR) is 76.6 cm³/mol. The molecule has 0 spiro atoms. The number of aryl methyl sites for hydroxylation is 1. The van der Waals surface area contributed by atoms with Crippen LogP contribution in [0, 0.1) is 6.92 Å². The Morgan fingerprint density at radius 3 is 2.50 bits per heavy atom. The topological polar surface area (TPSA) is 25.8 Å². The van der Waals surface area contributed by atoms with Gasteiger partial charge in [-0.1, -0.05) is 47.8 Å². The summed E-state index contributed by atoms with van der Waals surface area (Å²) in [6, 6.07) is 5.37. The maximum absolute atomic E-state index is 6.16. The third kappa shape index (κ3) is 2.46. The first-order chi connectivity index (χ1) is 8.54. The zero-order chi connectivity index (χ0) is 13.3. The summed E-state index contributed by atoms with van der Waals surface area (Å²) in [6.07, 6.45) is 0.791. The van der Waals surface area contributed by atoms with Gasteiger partial charge in [0.2, 0.25) is 0 Å². The van der Waals surface area contributed by atoms with Crippen molar-refractivity contribution in [3.05, 3.63) is 44.7 Å². The van der Waals surface area contributed by atoms with Gasteiger partial charge in [0, 0.05) is 16.8 Å². The van der Waals surface area contributed by atoms with Gasteiger partial charge in [-0.25, -0.2) is 9.97 Å². The molecule has 5 heteroatoms. The lowest BCUT2D eigenvalue weighted by Crippen LogP contribution is -2.00. The Morgan fingerprint density at radius 2 is 1.83 bits per heavy atom. The first-order valence-corrected chi connectivity index (χ1v) is 6.65. The molecule has 94 valence electrons. The molecule has 18 heavy (non-hydrogen) atoms. The largest absolute Gasteiger partial charge is 0.233 e. The van der Waals surface area contributed by atoms with Crippen LogP contribution in [0.25, 0.3) is 11.4 Å². The van der Waals surface area contributed by atoms with Crippen LogP contribution in [-0.4, -0.2) is 9.97 Å². The minimum absolute atomic E-state index is 0.445. The maximum atomic E-state index is 6.16. The average Bonchev–Trinajstić information content (AvgIpc) is 2.36. The molecule has 0 radical (unpaired) electrons. The van der Waals surface area contributed by atoms with Gasteiger partial charge in [-0.3, -0.25) is 0 Å². The lowest BCUT2D eigenvalue weighted by molar-refractivity contribution is 0.977. The van der Waals surface area contributed by atoms with E-state index in [1.54, 1.807) is 6.07 Å². The van der Waals surface area contributed by atoms with Crippen molar-refractivity contribution in [2.45, 2.75) is 20.3 Å². The van der Waals surface area contributed by atoms with Crippen LogP contribution in [0.5, 0.6) is 0 Å². The van der Waals surface area contributed by atoms with Crippen molar-refractivity contribution in [2.75, 3.05) is 0 Å². The van der Waals surface area contributed by atoms with Crippen molar-refractivity contribution >= 4 is 34.8 Å². The highest BCUT2D eigenvalue weighted by Crippen LogP contribution is 2.32. The lowest BCUT2D eigenvalue weighted by Gasteiger charge is -2.09. The Morgan fingerprint density at radius 1 is 1.11 bits per heavy atom. The molecule has 1 aromatic carbocycles. The number of nitrogens with zero attached hydrogens (tertiary/aromatic N) is 2. The van der Waals surface area contributed by atoms with E-state index in [-0.39, 0.29) is 0 Å². The van der Waals surface area contributed by atoms with Crippen molar-refractivity contribution in [3.63, 3.8) is 0 Å². The Balaban J connectivity index is 2.64. The first-order valence-electron chi connectivity index (χ1n) is 5.52. The highest BCUT2D eigenvalue weighted by atomic mass is 35.5. The summed E-state index contributed by atoms with van der Waals surface area (Å²) >= 11 is 18.3. The SMILES string of the molecule is CCc1nc(-c2cccc(Cl)c2Cl)nc(Cl)c1C. The zero-order valence-corrected chi connectivity index (χ0v) is 12.2. The molecule has 0 unspecified atom stereocenters. The molecule has 2 nitrogen and oxygen atoms in total. The van der Waals surface area contributed by atoms with Crippen LogP contribution >= 0.6 is 34.8 Å². The molecule has 0 bridgehead atoms. The van der Waals surface area contributed by atoms with Gasteiger partial charge in [-0.05, 0) is 25.5 Å². The van der Waals surface area contributed by atoms with E-state index in [9.17, 15) is 0 Å². The fraction of sp³-hybridized carbons (Fsp3) is 0.231. The average molecular weight is 302 g/mol. The van der Waals surface area contributed by atoms with Gasteiger partial charge in [-0.15, -0.1) is 0 Å². The lowest BCUT2D eigenvalue weighted by atomic mass is 10.1. The molecular formula is C13H11Cl3N2. The monoisotopic (exact) mass is 300 g/mol. The molecular weight excluding hydrogens is 291 g/mol. The fourth-order valence-corrected chi connectivity index (χ4v) is 2.25. The molecule has 0 N–H and O–H groups in total. The molecule has 0 atom stereocenters. The van der Waals surface area contributed by atoms with Crippen LogP contribution in [0.2, 0.25) is 15.2 Å². The van der Waals surface area contributed by atoms with Gasteiger partial charge in [0.25, 0.3) is 0 Å². The number of aromatic nitrogens is 2. The van der Waals surface area contributed by atoms with Gasteiger partial charge >= 0.3 is 0 Å². The van der Waals surface area contributed by atoms with Crippen molar-refractivity contribution in [3.8, 4) is 11.4 Å². The molecule has 2 rings (SSSR count). The van der Waals surface area contributed by atoms with Crippen LogP contribution in [0.3, 0.4) is 0 Å². The van der Waals surface area contributed by atoms with Crippen molar-refractivity contribution < 1.29 is 0 Å². The molecule has 2 aromatic rings. The zero-order valence-electron chi connectivity index (χ0n) is 9.97. The molecule has 0 aliphatic rings. The normalized spacial score (nSPS) is 10.7. The van der Waals surface area contributed by atoms with Gasteiger partial charge < -0.3 is 0 Å². The second kappa shape index (κ2) is 5.43.